The van der Waals surface area contributed by atoms with E-state index in [9.17, 15) is 9.59 Å². The quantitative estimate of drug-likeness (QED) is 0.853. The van der Waals surface area contributed by atoms with Gasteiger partial charge in [-0.05, 0) is 45.7 Å². The van der Waals surface area contributed by atoms with E-state index < -0.39 is 5.97 Å². The fourth-order valence-corrected chi connectivity index (χ4v) is 3.25. The third-order valence-electron chi connectivity index (χ3n) is 4.70. The van der Waals surface area contributed by atoms with Crippen molar-refractivity contribution in [3.05, 3.63) is 0 Å². The highest BCUT2D eigenvalue weighted by Crippen LogP contribution is 2.20. The third-order valence-corrected chi connectivity index (χ3v) is 4.70. The summed E-state index contributed by atoms with van der Waals surface area (Å²) in [6, 6.07) is -0.108. The predicted molar refractivity (Wildman–Crippen MR) is 76.4 cm³/mol. The molecule has 0 radical (unpaired) electrons. The Hall–Kier alpha value is -1.10. The van der Waals surface area contributed by atoms with Crippen molar-refractivity contribution in [3.8, 4) is 0 Å². The molecule has 2 rings (SSSR count). The zero-order valence-corrected chi connectivity index (χ0v) is 12.4. The topological polar surface area (TPSA) is 60.9 Å². The van der Waals surface area contributed by atoms with Crippen molar-refractivity contribution in [1.82, 2.24) is 9.80 Å². The van der Waals surface area contributed by atoms with Crippen LogP contribution in [0.25, 0.3) is 0 Å². The van der Waals surface area contributed by atoms with Gasteiger partial charge < -0.3 is 10.0 Å². The van der Waals surface area contributed by atoms with Crippen molar-refractivity contribution in [2.24, 2.45) is 5.92 Å². The van der Waals surface area contributed by atoms with Crippen molar-refractivity contribution in [2.75, 3.05) is 26.2 Å². The SMILES string of the molecule is CC(C(=O)N1CCCCCC1)N1CCC(C(=O)O)CC1. The molecule has 0 saturated carbocycles. The largest absolute Gasteiger partial charge is 0.481 e. The molecule has 5 nitrogen and oxygen atoms in total. The molecule has 2 fully saturated rings. The lowest BCUT2D eigenvalue weighted by atomic mass is 9.96. The standard InChI is InChI=1S/C15H26N2O3/c1-12(14(18)17-8-4-2-3-5-9-17)16-10-6-13(7-11-16)15(19)20/h12-13H,2-11H2,1H3,(H,19,20). The monoisotopic (exact) mass is 282 g/mol. The first-order valence-corrected chi connectivity index (χ1v) is 7.85. The number of carboxylic acid groups (broad SMARTS) is 1. The van der Waals surface area contributed by atoms with Gasteiger partial charge in [-0.15, -0.1) is 0 Å². The Bertz CT molecular complexity index is 343. The number of likely N-dealkylation sites (tertiary alicyclic amines) is 2. The Morgan fingerprint density at radius 2 is 1.55 bits per heavy atom. The van der Waals surface area contributed by atoms with Crippen LogP contribution in [0.3, 0.4) is 0 Å². The van der Waals surface area contributed by atoms with E-state index in [1.54, 1.807) is 0 Å². The van der Waals surface area contributed by atoms with Gasteiger partial charge in [-0.3, -0.25) is 14.5 Å². The summed E-state index contributed by atoms with van der Waals surface area (Å²) in [7, 11) is 0. The van der Waals surface area contributed by atoms with Crippen LogP contribution in [0.2, 0.25) is 0 Å². The second-order valence-corrected chi connectivity index (χ2v) is 6.06. The lowest BCUT2D eigenvalue weighted by Crippen LogP contribution is -2.50. The number of amides is 1. The number of carbonyl (C=O) groups excluding carboxylic acids is 1. The molecule has 2 aliphatic heterocycles. The Labute approximate surface area is 120 Å². The van der Waals surface area contributed by atoms with Crippen LogP contribution in [0.4, 0.5) is 0 Å². The zero-order valence-electron chi connectivity index (χ0n) is 12.4. The first-order valence-electron chi connectivity index (χ1n) is 7.85. The molecule has 1 N–H and O–H groups in total. The van der Waals surface area contributed by atoms with Crippen LogP contribution in [0.15, 0.2) is 0 Å². The number of aliphatic carboxylic acids is 1. The number of carboxylic acids is 1. The second-order valence-electron chi connectivity index (χ2n) is 6.06. The lowest BCUT2D eigenvalue weighted by Gasteiger charge is -2.36. The number of hydrogen-bond acceptors (Lipinski definition) is 3. The minimum atomic E-state index is -0.698. The van der Waals surface area contributed by atoms with E-state index >= 15 is 0 Å². The number of piperidine rings is 1. The molecule has 2 heterocycles. The van der Waals surface area contributed by atoms with Crippen LogP contribution in [0, 0.1) is 5.92 Å². The minimum absolute atomic E-state index is 0.108. The van der Waals surface area contributed by atoms with Gasteiger partial charge in [-0.25, -0.2) is 0 Å². The summed E-state index contributed by atoms with van der Waals surface area (Å²) in [6.45, 7) is 5.17. The highest BCUT2D eigenvalue weighted by atomic mass is 16.4. The Morgan fingerprint density at radius 1 is 1.00 bits per heavy atom. The summed E-state index contributed by atoms with van der Waals surface area (Å²) in [5, 5.41) is 9.01. The highest BCUT2D eigenvalue weighted by molar-refractivity contribution is 5.81. The zero-order chi connectivity index (χ0) is 14.5. The first-order chi connectivity index (χ1) is 9.59. The van der Waals surface area contributed by atoms with Gasteiger partial charge in [0.1, 0.15) is 0 Å². The van der Waals surface area contributed by atoms with Gasteiger partial charge in [-0.2, -0.15) is 0 Å². The molecule has 0 bridgehead atoms. The van der Waals surface area contributed by atoms with Crippen LogP contribution in [0.1, 0.15) is 45.4 Å². The average molecular weight is 282 g/mol. The molecule has 1 unspecified atom stereocenters. The molecule has 114 valence electrons. The number of carbonyl (C=O) groups is 2. The Morgan fingerprint density at radius 3 is 2.05 bits per heavy atom. The molecular weight excluding hydrogens is 256 g/mol. The summed E-state index contributed by atoms with van der Waals surface area (Å²) in [5.74, 6) is -0.705. The molecule has 1 atom stereocenters. The highest BCUT2D eigenvalue weighted by Gasteiger charge is 2.31. The van der Waals surface area contributed by atoms with Crippen LogP contribution >= 0.6 is 0 Å². The molecule has 0 spiro atoms. The van der Waals surface area contributed by atoms with E-state index in [0.29, 0.717) is 12.8 Å². The van der Waals surface area contributed by atoms with Gasteiger partial charge in [0.25, 0.3) is 0 Å². The van der Waals surface area contributed by atoms with Crippen molar-refractivity contribution in [1.29, 1.82) is 0 Å². The van der Waals surface area contributed by atoms with Gasteiger partial charge in [-0.1, -0.05) is 12.8 Å². The lowest BCUT2D eigenvalue weighted by molar-refractivity contribution is -0.144. The molecule has 20 heavy (non-hydrogen) atoms. The third kappa shape index (κ3) is 3.72. The molecule has 1 amide bonds. The molecule has 0 aromatic heterocycles. The molecule has 0 aromatic rings. The van der Waals surface area contributed by atoms with E-state index in [1.165, 1.54) is 12.8 Å². The van der Waals surface area contributed by atoms with E-state index in [1.807, 2.05) is 11.8 Å². The van der Waals surface area contributed by atoms with Gasteiger partial charge in [0.05, 0.1) is 12.0 Å². The maximum Gasteiger partial charge on any atom is 0.306 e. The molecule has 2 aliphatic rings. The maximum atomic E-state index is 12.5. The van der Waals surface area contributed by atoms with Crippen molar-refractivity contribution >= 4 is 11.9 Å². The fourth-order valence-electron chi connectivity index (χ4n) is 3.25. The van der Waals surface area contributed by atoms with Crippen molar-refractivity contribution in [3.63, 3.8) is 0 Å². The molecular formula is C15H26N2O3. The van der Waals surface area contributed by atoms with E-state index in [2.05, 4.69) is 4.90 Å². The molecule has 0 aromatic carbocycles. The average Bonchev–Trinajstić information content (AvgIpc) is 2.75. The van der Waals surface area contributed by atoms with Crippen LogP contribution in [-0.4, -0.2) is 59.0 Å². The van der Waals surface area contributed by atoms with Crippen molar-refractivity contribution in [2.45, 2.75) is 51.5 Å². The first kappa shape index (κ1) is 15.3. The summed E-state index contributed by atoms with van der Waals surface area (Å²) in [4.78, 5) is 27.6. The van der Waals surface area contributed by atoms with Gasteiger partial charge in [0.2, 0.25) is 5.91 Å². The second kappa shape index (κ2) is 7.07. The molecule has 0 aliphatic carbocycles. The number of hydrogen-bond donors (Lipinski definition) is 1. The normalized spacial score (nSPS) is 24.1. The summed E-state index contributed by atoms with van der Waals surface area (Å²) < 4.78 is 0. The molecule has 5 heteroatoms. The number of rotatable bonds is 3. The molecule has 2 saturated heterocycles. The summed E-state index contributed by atoms with van der Waals surface area (Å²) in [5.41, 5.74) is 0. The Kier molecular flexibility index (Phi) is 5.40. The summed E-state index contributed by atoms with van der Waals surface area (Å²) >= 11 is 0. The number of nitrogens with zero attached hydrogens (tertiary/aromatic N) is 2. The maximum absolute atomic E-state index is 12.5. The van der Waals surface area contributed by atoms with Crippen molar-refractivity contribution < 1.29 is 14.7 Å². The van der Waals surface area contributed by atoms with Gasteiger partial charge in [0.15, 0.2) is 0 Å². The Balaban J connectivity index is 1.85. The van der Waals surface area contributed by atoms with E-state index in [4.69, 9.17) is 5.11 Å². The van der Waals surface area contributed by atoms with E-state index in [0.717, 1.165) is 39.0 Å². The van der Waals surface area contributed by atoms with Crippen LogP contribution < -0.4 is 0 Å². The predicted octanol–water partition coefficient (Wildman–Crippen LogP) is 1.57. The summed E-state index contributed by atoms with van der Waals surface area (Å²) in [6.07, 6.45) is 5.99. The van der Waals surface area contributed by atoms with Crippen LogP contribution in [0.5, 0.6) is 0 Å². The fraction of sp³-hybridized carbons (Fsp3) is 0.867. The minimum Gasteiger partial charge on any atom is -0.481 e. The van der Waals surface area contributed by atoms with Gasteiger partial charge >= 0.3 is 5.97 Å². The van der Waals surface area contributed by atoms with Gasteiger partial charge in [0, 0.05) is 13.1 Å². The van der Waals surface area contributed by atoms with E-state index in [-0.39, 0.29) is 17.9 Å². The van der Waals surface area contributed by atoms with Crippen LogP contribution in [-0.2, 0) is 9.59 Å². The smallest absolute Gasteiger partial charge is 0.306 e.